The Balaban J connectivity index is 1.03. The highest BCUT2D eigenvalue weighted by Gasteiger charge is 2.15. The minimum Gasteiger partial charge on any atom is -0.456 e. The minimum atomic E-state index is 0.624. The van der Waals surface area contributed by atoms with Gasteiger partial charge in [0, 0.05) is 38.2 Å². The first-order valence-electron chi connectivity index (χ1n) is 16.6. The maximum Gasteiger partial charge on any atom is 0.164 e. The van der Waals surface area contributed by atoms with Gasteiger partial charge in [-0.25, -0.2) is 15.0 Å². The summed E-state index contributed by atoms with van der Waals surface area (Å²) in [5.41, 5.74) is 10.6. The number of hydrogen-bond acceptors (Lipinski definition) is 5. The quantitative estimate of drug-likeness (QED) is 0.187. The number of hydrogen-bond donors (Lipinski definition) is 0. The SMILES string of the molecule is c1ccc(-c2nc(-c3ccccc3)nc(-c3cccc(-c4ccc5c(c4)oc4cc(-c6ccc7oc8ccccc8c7c6)ccc45)c3)n2)cc1. The van der Waals surface area contributed by atoms with Crippen LogP contribution in [0, 0.1) is 0 Å². The van der Waals surface area contributed by atoms with Gasteiger partial charge in [-0.15, -0.1) is 0 Å². The topological polar surface area (TPSA) is 65.0 Å². The van der Waals surface area contributed by atoms with Gasteiger partial charge in [0.05, 0.1) is 0 Å². The molecule has 7 aromatic carbocycles. The average molecular weight is 642 g/mol. The van der Waals surface area contributed by atoms with Crippen LogP contribution in [0.2, 0.25) is 0 Å². The van der Waals surface area contributed by atoms with E-state index in [1.165, 1.54) is 0 Å². The highest BCUT2D eigenvalue weighted by Crippen LogP contribution is 2.37. The van der Waals surface area contributed by atoms with E-state index in [0.29, 0.717) is 17.5 Å². The fourth-order valence-corrected chi connectivity index (χ4v) is 6.82. The number of fused-ring (bicyclic) bond motifs is 6. The molecule has 0 N–H and O–H groups in total. The molecule has 0 radical (unpaired) electrons. The summed E-state index contributed by atoms with van der Waals surface area (Å²) < 4.78 is 12.6. The molecule has 0 aliphatic rings. The fraction of sp³-hybridized carbons (Fsp3) is 0. The summed E-state index contributed by atoms with van der Waals surface area (Å²) in [4.78, 5) is 14.7. The average Bonchev–Trinajstić information content (AvgIpc) is 3.75. The second-order valence-corrected chi connectivity index (χ2v) is 12.5. The van der Waals surface area contributed by atoms with Crippen LogP contribution >= 0.6 is 0 Å². The van der Waals surface area contributed by atoms with Crippen molar-refractivity contribution in [3.05, 3.63) is 164 Å². The molecule has 0 atom stereocenters. The van der Waals surface area contributed by atoms with E-state index in [-0.39, 0.29) is 0 Å². The number of benzene rings is 7. The molecule has 10 aromatic rings. The Labute approximate surface area is 287 Å². The first kappa shape index (κ1) is 28.2. The Morgan fingerprint density at radius 3 is 1.36 bits per heavy atom. The van der Waals surface area contributed by atoms with Crippen molar-refractivity contribution in [2.75, 3.05) is 0 Å². The van der Waals surface area contributed by atoms with Gasteiger partial charge in [0.2, 0.25) is 0 Å². The summed E-state index contributed by atoms with van der Waals surface area (Å²) in [5, 5.41) is 4.40. The number of aromatic nitrogens is 3. The van der Waals surface area contributed by atoms with Gasteiger partial charge < -0.3 is 8.83 Å². The van der Waals surface area contributed by atoms with E-state index in [9.17, 15) is 0 Å². The Morgan fingerprint density at radius 2 is 0.700 bits per heavy atom. The fourth-order valence-electron chi connectivity index (χ4n) is 6.82. The minimum absolute atomic E-state index is 0.624. The van der Waals surface area contributed by atoms with E-state index in [2.05, 4.69) is 72.8 Å². The van der Waals surface area contributed by atoms with Crippen molar-refractivity contribution >= 4 is 43.9 Å². The number of para-hydroxylation sites is 1. The van der Waals surface area contributed by atoms with Gasteiger partial charge in [-0.1, -0.05) is 115 Å². The van der Waals surface area contributed by atoms with E-state index in [1.807, 2.05) is 91.0 Å². The normalized spacial score (nSPS) is 11.6. The monoisotopic (exact) mass is 641 g/mol. The molecule has 10 rings (SSSR count). The highest BCUT2D eigenvalue weighted by atomic mass is 16.3. The molecule has 0 aliphatic heterocycles. The molecular weight excluding hydrogens is 615 g/mol. The zero-order chi connectivity index (χ0) is 33.0. The Morgan fingerprint density at radius 1 is 0.260 bits per heavy atom. The van der Waals surface area contributed by atoms with Crippen LogP contribution in [0.1, 0.15) is 0 Å². The summed E-state index contributed by atoms with van der Waals surface area (Å²) in [6.45, 7) is 0. The van der Waals surface area contributed by atoms with Crippen LogP contribution in [0.5, 0.6) is 0 Å². The van der Waals surface area contributed by atoms with Gasteiger partial charge in [0.1, 0.15) is 22.3 Å². The number of furan rings is 2. The molecule has 0 fully saturated rings. The predicted molar refractivity (Wildman–Crippen MR) is 202 cm³/mol. The lowest BCUT2D eigenvalue weighted by molar-refractivity contribution is 0.669. The molecule has 0 aliphatic carbocycles. The zero-order valence-corrected chi connectivity index (χ0v) is 26.7. The predicted octanol–water partition coefficient (Wildman–Crippen LogP) is 12.0. The molecule has 3 heterocycles. The van der Waals surface area contributed by atoms with Crippen molar-refractivity contribution in [1.29, 1.82) is 0 Å². The molecule has 0 unspecified atom stereocenters. The van der Waals surface area contributed by atoms with E-state index in [0.717, 1.165) is 82.8 Å². The van der Waals surface area contributed by atoms with Crippen molar-refractivity contribution in [3.63, 3.8) is 0 Å². The van der Waals surface area contributed by atoms with Crippen LogP contribution in [-0.2, 0) is 0 Å². The van der Waals surface area contributed by atoms with Gasteiger partial charge in [0.15, 0.2) is 17.5 Å². The highest BCUT2D eigenvalue weighted by molar-refractivity contribution is 6.08. The molecule has 0 bridgehead atoms. The standard InChI is InChI=1S/C45H27N3O2/c1-3-10-28(11-4-1)43-46-44(29-12-5-2-6-13-29)48-45(47-43)34-15-9-14-30(24-34)32-18-21-36-37-22-19-33(27-42(37)50-41(36)26-32)31-20-23-40-38(25-31)35-16-7-8-17-39(35)49-40/h1-27H. The smallest absolute Gasteiger partial charge is 0.164 e. The van der Waals surface area contributed by atoms with Crippen molar-refractivity contribution in [3.8, 4) is 56.4 Å². The van der Waals surface area contributed by atoms with Crippen LogP contribution < -0.4 is 0 Å². The second kappa shape index (κ2) is 11.4. The number of nitrogens with zero attached hydrogens (tertiary/aromatic N) is 3. The first-order chi connectivity index (χ1) is 24.7. The van der Waals surface area contributed by atoms with Crippen LogP contribution in [0.25, 0.3) is 100 Å². The summed E-state index contributed by atoms with van der Waals surface area (Å²) in [5.74, 6) is 1.90. The van der Waals surface area contributed by atoms with E-state index in [1.54, 1.807) is 0 Å². The lowest BCUT2D eigenvalue weighted by Gasteiger charge is -2.09. The Hall–Kier alpha value is -6.85. The summed E-state index contributed by atoms with van der Waals surface area (Å²) in [6, 6.07) is 55.8. The molecular formula is C45H27N3O2. The molecule has 50 heavy (non-hydrogen) atoms. The van der Waals surface area contributed by atoms with E-state index < -0.39 is 0 Å². The summed E-state index contributed by atoms with van der Waals surface area (Å²) in [6.07, 6.45) is 0. The third-order valence-corrected chi connectivity index (χ3v) is 9.34. The van der Waals surface area contributed by atoms with E-state index >= 15 is 0 Å². The third kappa shape index (κ3) is 4.83. The van der Waals surface area contributed by atoms with Crippen molar-refractivity contribution in [2.45, 2.75) is 0 Å². The molecule has 3 aromatic heterocycles. The van der Waals surface area contributed by atoms with Crippen LogP contribution in [0.4, 0.5) is 0 Å². The maximum atomic E-state index is 6.51. The molecule has 0 amide bonds. The Kier molecular flexibility index (Phi) is 6.42. The molecule has 5 heteroatoms. The molecule has 234 valence electrons. The second-order valence-electron chi connectivity index (χ2n) is 12.5. The van der Waals surface area contributed by atoms with Crippen molar-refractivity contribution in [2.24, 2.45) is 0 Å². The lowest BCUT2D eigenvalue weighted by Crippen LogP contribution is -2.00. The van der Waals surface area contributed by atoms with Gasteiger partial charge in [0.25, 0.3) is 0 Å². The van der Waals surface area contributed by atoms with Crippen molar-refractivity contribution < 1.29 is 8.83 Å². The number of rotatable bonds is 5. The lowest BCUT2D eigenvalue weighted by atomic mass is 9.99. The molecule has 0 spiro atoms. The molecule has 5 nitrogen and oxygen atoms in total. The van der Waals surface area contributed by atoms with Gasteiger partial charge >= 0.3 is 0 Å². The van der Waals surface area contributed by atoms with Crippen LogP contribution in [0.3, 0.4) is 0 Å². The molecule has 0 saturated carbocycles. The maximum absolute atomic E-state index is 6.51. The zero-order valence-electron chi connectivity index (χ0n) is 26.7. The van der Waals surface area contributed by atoms with Gasteiger partial charge in [-0.2, -0.15) is 0 Å². The van der Waals surface area contributed by atoms with Gasteiger partial charge in [-0.05, 0) is 70.8 Å². The molecule has 0 saturated heterocycles. The summed E-state index contributed by atoms with van der Waals surface area (Å²) in [7, 11) is 0. The largest absolute Gasteiger partial charge is 0.456 e. The summed E-state index contributed by atoms with van der Waals surface area (Å²) >= 11 is 0. The van der Waals surface area contributed by atoms with Crippen LogP contribution in [0.15, 0.2) is 173 Å². The van der Waals surface area contributed by atoms with Gasteiger partial charge in [-0.3, -0.25) is 0 Å². The van der Waals surface area contributed by atoms with Crippen LogP contribution in [-0.4, -0.2) is 15.0 Å². The van der Waals surface area contributed by atoms with Crippen molar-refractivity contribution in [1.82, 2.24) is 15.0 Å². The van der Waals surface area contributed by atoms with E-state index in [4.69, 9.17) is 23.8 Å². The Bertz CT molecular complexity index is 2810. The third-order valence-electron chi connectivity index (χ3n) is 9.34. The first-order valence-corrected chi connectivity index (χ1v) is 16.6.